The molecule has 2 rings (SSSR count). The average molecular weight is 392 g/mol. The van der Waals surface area contributed by atoms with E-state index >= 15 is 0 Å². The molecule has 27 heavy (non-hydrogen) atoms. The minimum Gasteiger partial charge on any atom is -0.493 e. The molecule has 2 aromatic carbocycles. The van der Waals surface area contributed by atoms with Crippen molar-refractivity contribution in [2.75, 3.05) is 27.3 Å². The van der Waals surface area contributed by atoms with E-state index in [0.717, 1.165) is 5.56 Å². The largest absolute Gasteiger partial charge is 0.493 e. The summed E-state index contributed by atoms with van der Waals surface area (Å²) in [6.45, 7) is 3.88. The van der Waals surface area contributed by atoms with Gasteiger partial charge in [0.2, 0.25) is 10.0 Å². The zero-order chi connectivity index (χ0) is 20.0. The minimum atomic E-state index is -3.63. The first kappa shape index (κ1) is 20.7. The van der Waals surface area contributed by atoms with Gasteiger partial charge in [-0.05, 0) is 43.7 Å². The number of hydrogen-bond acceptors (Lipinski definition) is 5. The fraction of sp³-hybridized carbons (Fsp3) is 0.316. The molecule has 2 aromatic rings. The first-order chi connectivity index (χ1) is 12.8. The van der Waals surface area contributed by atoms with Crippen LogP contribution in [-0.2, 0) is 10.0 Å². The van der Waals surface area contributed by atoms with Crippen LogP contribution < -0.4 is 19.5 Å². The first-order valence-electron chi connectivity index (χ1n) is 8.35. The zero-order valence-corrected chi connectivity index (χ0v) is 16.6. The Labute approximate surface area is 159 Å². The molecule has 2 N–H and O–H groups in total. The van der Waals surface area contributed by atoms with Crippen molar-refractivity contribution in [2.24, 2.45) is 0 Å². The highest BCUT2D eigenvalue weighted by atomic mass is 32.2. The fourth-order valence-corrected chi connectivity index (χ4v) is 3.88. The van der Waals surface area contributed by atoms with Gasteiger partial charge in [-0.2, -0.15) is 0 Å². The van der Waals surface area contributed by atoms with Crippen LogP contribution in [-0.4, -0.2) is 41.6 Å². The average Bonchev–Trinajstić information content (AvgIpc) is 2.64. The molecule has 0 aliphatic carbocycles. The normalized spacial score (nSPS) is 11.1. The van der Waals surface area contributed by atoms with Crippen LogP contribution in [0, 0.1) is 13.8 Å². The molecule has 0 heterocycles. The van der Waals surface area contributed by atoms with Gasteiger partial charge in [0.25, 0.3) is 5.91 Å². The van der Waals surface area contributed by atoms with Gasteiger partial charge in [-0.3, -0.25) is 4.79 Å². The molecule has 0 aliphatic rings. The van der Waals surface area contributed by atoms with Crippen molar-refractivity contribution in [1.29, 1.82) is 0 Å². The van der Waals surface area contributed by atoms with Crippen LogP contribution in [0.1, 0.15) is 21.5 Å². The Hall–Kier alpha value is -2.58. The van der Waals surface area contributed by atoms with Gasteiger partial charge < -0.3 is 14.8 Å². The molecule has 0 spiro atoms. The third kappa shape index (κ3) is 5.21. The number of aryl methyl sites for hydroxylation is 2. The predicted octanol–water partition coefficient (Wildman–Crippen LogP) is 2.03. The van der Waals surface area contributed by atoms with Crippen molar-refractivity contribution in [3.63, 3.8) is 0 Å². The van der Waals surface area contributed by atoms with E-state index in [-0.39, 0.29) is 23.9 Å². The van der Waals surface area contributed by atoms with Gasteiger partial charge in [0.15, 0.2) is 11.5 Å². The summed E-state index contributed by atoms with van der Waals surface area (Å²) < 4.78 is 37.6. The Balaban J connectivity index is 1.93. The Morgan fingerprint density at radius 1 is 0.963 bits per heavy atom. The molecule has 0 radical (unpaired) electrons. The summed E-state index contributed by atoms with van der Waals surface area (Å²) in [5, 5.41) is 2.67. The van der Waals surface area contributed by atoms with E-state index in [0.29, 0.717) is 22.6 Å². The molecule has 0 aliphatic heterocycles. The highest BCUT2D eigenvalue weighted by molar-refractivity contribution is 7.89. The summed E-state index contributed by atoms with van der Waals surface area (Å²) in [6.07, 6.45) is 0. The molecule has 7 nitrogen and oxygen atoms in total. The predicted molar refractivity (Wildman–Crippen MR) is 103 cm³/mol. The fourth-order valence-electron chi connectivity index (χ4n) is 2.62. The summed E-state index contributed by atoms with van der Waals surface area (Å²) in [5.74, 6) is 0.637. The van der Waals surface area contributed by atoms with Crippen LogP contribution in [0.25, 0.3) is 0 Å². The minimum absolute atomic E-state index is 0.0781. The van der Waals surface area contributed by atoms with Crippen molar-refractivity contribution in [1.82, 2.24) is 10.0 Å². The molecule has 0 aromatic heterocycles. The molecule has 0 bridgehead atoms. The molecule has 0 unspecified atom stereocenters. The highest BCUT2D eigenvalue weighted by Gasteiger charge is 2.16. The quantitative estimate of drug-likeness (QED) is 0.671. The molecule has 0 saturated heterocycles. The lowest BCUT2D eigenvalue weighted by Crippen LogP contribution is -2.35. The van der Waals surface area contributed by atoms with Gasteiger partial charge in [-0.15, -0.1) is 0 Å². The van der Waals surface area contributed by atoms with E-state index < -0.39 is 10.0 Å². The van der Waals surface area contributed by atoms with Crippen LogP contribution in [0.15, 0.2) is 41.3 Å². The summed E-state index contributed by atoms with van der Waals surface area (Å²) >= 11 is 0. The maximum Gasteiger partial charge on any atom is 0.251 e. The Bertz CT molecular complexity index is 926. The highest BCUT2D eigenvalue weighted by Crippen LogP contribution is 2.27. The van der Waals surface area contributed by atoms with Crippen molar-refractivity contribution >= 4 is 15.9 Å². The number of amides is 1. The van der Waals surface area contributed by atoms with E-state index in [9.17, 15) is 13.2 Å². The van der Waals surface area contributed by atoms with Crippen molar-refractivity contribution in [3.05, 3.63) is 53.1 Å². The number of methoxy groups -OCH3 is 2. The Morgan fingerprint density at radius 3 is 2.30 bits per heavy atom. The second-order valence-corrected chi connectivity index (χ2v) is 7.73. The van der Waals surface area contributed by atoms with Crippen molar-refractivity contribution < 1.29 is 22.7 Å². The van der Waals surface area contributed by atoms with E-state index in [1.807, 2.05) is 13.0 Å². The van der Waals surface area contributed by atoms with Crippen LogP contribution in [0.4, 0.5) is 0 Å². The van der Waals surface area contributed by atoms with E-state index in [1.54, 1.807) is 37.3 Å². The van der Waals surface area contributed by atoms with E-state index in [1.165, 1.54) is 14.2 Å². The summed E-state index contributed by atoms with van der Waals surface area (Å²) in [7, 11) is -0.627. The maximum atomic E-state index is 12.4. The lowest BCUT2D eigenvalue weighted by atomic mass is 10.2. The number of rotatable bonds is 8. The number of hydrogen-bond donors (Lipinski definition) is 2. The molecule has 0 saturated carbocycles. The van der Waals surface area contributed by atoms with Gasteiger partial charge in [-0.1, -0.05) is 17.7 Å². The monoisotopic (exact) mass is 392 g/mol. The van der Waals surface area contributed by atoms with Gasteiger partial charge in [0.1, 0.15) is 0 Å². The van der Waals surface area contributed by atoms with Crippen molar-refractivity contribution in [2.45, 2.75) is 18.7 Å². The zero-order valence-electron chi connectivity index (χ0n) is 15.8. The van der Waals surface area contributed by atoms with Crippen molar-refractivity contribution in [3.8, 4) is 11.5 Å². The number of carbonyl (C=O) groups is 1. The van der Waals surface area contributed by atoms with Gasteiger partial charge in [0, 0.05) is 18.7 Å². The molecule has 0 atom stereocenters. The first-order valence-corrected chi connectivity index (χ1v) is 9.84. The molecule has 8 heteroatoms. The van der Waals surface area contributed by atoms with Crippen LogP contribution in [0.5, 0.6) is 11.5 Å². The lowest BCUT2D eigenvalue weighted by Gasteiger charge is -2.11. The molecule has 146 valence electrons. The van der Waals surface area contributed by atoms with Gasteiger partial charge >= 0.3 is 0 Å². The Morgan fingerprint density at radius 2 is 1.67 bits per heavy atom. The third-order valence-electron chi connectivity index (χ3n) is 3.97. The van der Waals surface area contributed by atoms with Gasteiger partial charge in [-0.25, -0.2) is 13.1 Å². The summed E-state index contributed by atoms with van der Waals surface area (Å²) in [6, 6.07) is 9.95. The number of sulfonamides is 1. The molecular formula is C19H24N2O5S. The SMILES string of the molecule is COc1ccc(C(=O)NCCNS(=O)(=O)c2ccc(C)cc2C)cc1OC. The maximum absolute atomic E-state index is 12.4. The summed E-state index contributed by atoms with van der Waals surface area (Å²) in [5.41, 5.74) is 2.07. The number of carbonyl (C=O) groups excluding carboxylic acids is 1. The number of nitrogens with one attached hydrogen (secondary N) is 2. The molecular weight excluding hydrogens is 368 g/mol. The smallest absolute Gasteiger partial charge is 0.251 e. The number of ether oxygens (including phenoxy) is 2. The molecule has 0 fully saturated rings. The second kappa shape index (κ2) is 8.88. The topological polar surface area (TPSA) is 93.7 Å². The van der Waals surface area contributed by atoms with Gasteiger partial charge in [0.05, 0.1) is 19.1 Å². The standard InChI is InChI=1S/C19H24N2O5S/c1-13-5-8-18(14(2)11-13)27(23,24)21-10-9-20-19(22)15-6-7-16(25-3)17(12-15)26-4/h5-8,11-12,21H,9-10H2,1-4H3,(H,20,22). The van der Waals surface area contributed by atoms with Crippen LogP contribution in [0.2, 0.25) is 0 Å². The number of benzene rings is 2. The van der Waals surface area contributed by atoms with E-state index in [2.05, 4.69) is 10.0 Å². The van der Waals surface area contributed by atoms with Crippen LogP contribution >= 0.6 is 0 Å². The third-order valence-corrected chi connectivity index (χ3v) is 5.59. The Kier molecular flexibility index (Phi) is 6.81. The summed E-state index contributed by atoms with van der Waals surface area (Å²) in [4.78, 5) is 12.4. The van der Waals surface area contributed by atoms with E-state index in [4.69, 9.17) is 9.47 Å². The second-order valence-electron chi connectivity index (χ2n) is 5.99. The molecule has 1 amide bonds. The lowest BCUT2D eigenvalue weighted by molar-refractivity contribution is 0.0954. The van der Waals surface area contributed by atoms with Crippen LogP contribution in [0.3, 0.4) is 0 Å².